The molecule has 0 spiro atoms. The molecule has 0 saturated heterocycles. The van der Waals surface area contributed by atoms with Gasteiger partial charge in [-0.15, -0.1) is 0 Å². The molecule has 2 aliphatic rings. The lowest BCUT2D eigenvalue weighted by Crippen LogP contribution is -2.30. The Morgan fingerprint density at radius 3 is 2.38 bits per heavy atom. The molecule has 154 valence electrons. The molecule has 1 heteroatoms. The molecule has 0 radical (unpaired) electrons. The Kier molecular flexibility index (Phi) is 6.46. The van der Waals surface area contributed by atoms with Crippen molar-refractivity contribution < 1.29 is 0 Å². The van der Waals surface area contributed by atoms with Gasteiger partial charge >= 0.3 is 0 Å². The summed E-state index contributed by atoms with van der Waals surface area (Å²) in [4.78, 5) is 5.20. The van der Waals surface area contributed by atoms with Crippen LogP contribution in [0.1, 0.15) is 79.2 Å². The van der Waals surface area contributed by atoms with Crippen LogP contribution in [0.2, 0.25) is 0 Å². The average molecular weight is 388 g/mol. The smallest absolute Gasteiger partial charge is 0.0738 e. The summed E-state index contributed by atoms with van der Waals surface area (Å²) < 4.78 is 0. The fraction of sp³-hybridized carbons (Fsp3) is 0.464. The maximum Gasteiger partial charge on any atom is 0.0738 e. The predicted molar refractivity (Wildman–Crippen MR) is 127 cm³/mol. The van der Waals surface area contributed by atoms with E-state index in [1.807, 2.05) is 0 Å². The second-order valence-corrected chi connectivity index (χ2v) is 9.34. The lowest BCUT2D eigenvalue weighted by atomic mass is 9.66. The first kappa shape index (κ1) is 21.6. The van der Waals surface area contributed by atoms with E-state index in [2.05, 4.69) is 84.5 Å². The molecule has 3 rings (SSSR count). The summed E-state index contributed by atoms with van der Waals surface area (Å²) >= 11 is 0. The van der Waals surface area contributed by atoms with Crippen LogP contribution in [0, 0.1) is 5.92 Å². The molecule has 1 aromatic carbocycles. The first-order chi connectivity index (χ1) is 13.8. The van der Waals surface area contributed by atoms with Gasteiger partial charge in [0.25, 0.3) is 0 Å². The number of allylic oxidation sites excluding steroid dienone is 7. The van der Waals surface area contributed by atoms with Gasteiger partial charge in [0, 0.05) is 16.7 Å². The number of hydrogen-bond donors (Lipinski definition) is 0. The summed E-state index contributed by atoms with van der Waals surface area (Å²) in [5.74, 6) is 0.351. The van der Waals surface area contributed by atoms with Gasteiger partial charge in [-0.05, 0) is 75.5 Å². The van der Waals surface area contributed by atoms with E-state index in [0.29, 0.717) is 5.92 Å². The number of benzene rings is 1. The Bertz CT molecular complexity index is 905. The molecule has 1 atom stereocenters. The fourth-order valence-electron chi connectivity index (χ4n) is 4.79. The van der Waals surface area contributed by atoms with Crippen LogP contribution in [0.5, 0.6) is 0 Å². The van der Waals surface area contributed by atoms with E-state index in [9.17, 15) is 0 Å². The molecule has 0 saturated carbocycles. The second-order valence-electron chi connectivity index (χ2n) is 9.34. The zero-order valence-corrected chi connectivity index (χ0v) is 19.2. The van der Waals surface area contributed by atoms with E-state index < -0.39 is 0 Å². The van der Waals surface area contributed by atoms with Crippen molar-refractivity contribution in [3.63, 3.8) is 0 Å². The third-order valence-corrected chi connectivity index (χ3v) is 7.03. The normalized spacial score (nSPS) is 23.6. The van der Waals surface area contributed by atoms with Gasteiger partial charge in [-0.3, -0.25) is 4.99 Å². The van der Waals surface area contributed by atoms with Crippen LogP contribution >= 0.6 is 0 Å². The first-order valence-electron chi connectivity index (χ1n) is 11.2. The Morgan fingerprint density at radius 2 is 1.76 bits per heavy atom. The Morgan fingerprint density at radius 1 is 1.07 bits per heavy atom. The van der Waals surface area contributed by atoms with E-state index in [4.69, 9.17) is 4.99 Å². The lowest BCUT2D eigenvalue weighted by molar-refractivity contribution is 0.459. The number of hydrogen-bond acceptors (Lipinski definition) is 1. The average Bonchev–Trinajstić information content (AvgIpc) is 2.70. The minimum absolute atomic E-state index is 0.0650. The van der Waals surface area contributed by atoms with Crippen molar-refractivity contribution in [2.45, 2.75) is 79.1 Å². The van der Waals surface area contributed by atoms with E-state index in [1.165, 1.54) is 52.0 Å². The largest absolute Gasteiger partial charge is 0.253 e. The third kappa shape index (κ3) is 4.25. The second kappa shape index (κ2) is 8.69. The summed E-state index contributed by atoms with van der Waals surface area (Å²) in [6.07, 6.45) is 8.13. The van der Waals surface area contributed by atoms with E-state index in [-0.39, 0.29) is 5.41 Å². The van der Waals surface area contributed by atoms with Gasteiger partial charge < -0.3 is 0 Å². The van der Waals surface area contributed by atoms with Crippen LogP contribution < -0.4 is 0 Å². The number of nitrogens with zero attached hydrogens (tertiary/aromatic N) is 1. The molecule has 0 aliphatic heterocycles. The van der Waals surface area contributed by atoms with Gasteiger partial charge in [0.2, 0.25) is 0 Å². The summed E-state index contributed by atoms with van der Waals surface area (Å²) in [5, 5.41) is 0. The molecule has 1 nitrogen and oxygen atoms in total. The molecule has 0 aromatic heterocycles. The summed E-state index contributed by atoms with van der Waals surface area (Å²) in [7, 11) is 0. The molecule has 1 aromatic rings. The van der Waals surface area contributed by atoms with Gasteiger partial charge in [-0.2, -0.15) is 0 Å². The minimum atomic E-state index is 0.0650. The van der Waals surface area contributed by atoms with Crippen LogP contribution in [-0.4, -0.2) is 5.71 Å². The fourth-order valence-corrected chi connectivity index (χ4v) is 4.79. The highest BCUT2D eigenvalue weighted by Crippen LogP contribution is 2.45. The molecule has 29 heavy (non-hydrogen) atoms. The number of rotatable bonds is 5. The highest BCUT2D eigenvalue weighted by Gasteiger charge is 2.35. The van der Waals surface area contributed by atoms with Crippen LogP contribution in [-0.2, 0) is 5.41 Å². The topological polar surface area (TPSA) is 12.4 Å². The molecule has 1 unspecified atom stereocenters. The zero-order valence-electron chi connectivity index (χ0n) is 19.2. The van der Waals surface area contributed by atoms with Crippen molar-refractivity contribution in [1.82, 2.24) is 0 Å². The highest BCUT2D eigenvalue weighted by atomic mass is 14.8. The molecule has 0 bridgehead atoms. The third-order valence-electron chi connectivity index (χ3n) is 7.03. The van der Waals surface area contributed by atoms with Gasteiger partial charge in [0.15, 0.2) is 0 Å². The Balaban J connectivity index is 2.21. The molecular weight excluding hydrogens is 350 g/mol. The Hall–Kier alpha value is -2.15. The van der Waals surface area contributed by atoms with Crippen LogP contribution in [0.25, 0.3) is 0 Å². The standard InChI is InChI=1S/C28H37N/c1-19(2)23(6)29-27(26-20(3)13-11-14-21(26)4)25-17-12-18-28(7,22(25)5)24-15-9-8-10-16-24/h8-10,13,15-16,19H,6,11-12,14,17-18H2,1-5,7H3. The molecule has 2 aliphatic carbocycles. The monoisotopic (exact) mass is 387 g/mol. The molecule has 0 heterocycles. The lowest BCUT2D eigenvalue weighted by Gasteiger charge is -2.38. The number of aliphatic imine (C=N–C) groups is 1. The van der Waals surface area contributed by atoms with Gasteiger partial charge in [0.1, 0.15) is 0 Å². The van der Waals surface area contributed by atoms with Crippen molar-refractivity contribution in [1.29, 1.82) is 0 Å². The van der Waals surface area contributed by atoms with Crippen LogP contribution in [0.4, 0.5) is 0 Å². The summed E-state index contributed by atoms with van der Waals surface area (Å²) in [6.45, 7) is 18.0. The first-order valence-corrected chi connectivity index (χ1v) is 11.2. The summed E-state index contributed by atoms with van der Waals surface area (Å²) in [5.41, 5.74) is 10.8. The van der Waals surface area contributed by atoms with Gasteiger partial charge in [-0.25, -0.2) is 0 Å². The van der Waals surface area contributed by atoms with Crippen LogP contribution in [0.15, 0.2) is 81.5 Å². The van der Waals surface area contributed by atoms with E-state index in [0.717, 1.165) is 25.0 Å². The van der Waals surface area contributed by atoms with Gasteiger partial charge in [-0.1, -0.05) is 74.9 Å². The zero-order chi connectivity index (χ0) is 21.2. The van der Waals surface area contributed by atoms with Crippen molar-refractivity contribution in [2.24, 2.45) is 10.9 Å². The van der Waals surface area contributed by atoms with Crippen molar-refractivity contribution in [3.8, 4) is 0 Å². The van der Waals surface area contributed by atoms with Crippen molar-refractivity contribution in [2.75, 3.05) is 0 Å². The molecule has 0 N–H and O–H groups in total. The molecule has 0 amide bonds. The van der Waals surface area contributed by atoms with Crippen molar-refractivity contribution >= 4 is 5.71 Å². The quantitative estimate of drug-likeness (QED) is 0.452. The highest BCUT2D eigenvalue weighted by molar-refractivity contribution is 6.16. The van der Waals surface area contributed by atoms with E-state index >= 15 is 0 Å². The summed E-state index contributed by atoms with van der Waals surface area (Å²) in [6, 6.07) is 11.0. The Labute approximate surface area is 178 Å². The van der Waals surface area contributed by atoms with Crippen LogP contribution in [0.3, 0.4) is 0 Å². The van der Waals surface area contributed by atoms with Gasteiger partial charge in [0.05, 0.1) is 5.71 Å². The maximum absolute atomic E-state index is 5.20. The SMILES string of the molecule is C=C(N=C(C1=C(C)C(C)(c2ccccc2)CCC1)C1=C(C)CCC=C1C)C(C)C. The molecule has 0 fully saturated rings. The minimum Gasteiger partial charge on any atom is -0.253 e. The molecular formula is C28H37N. The van der Waals surface area contributed by atoms with E-state index in [1.54, 1.807) is 0 Å². The predicted octanol–water partition coefficient (Wildman–Crippen LogP) is 8.11. The maximum atomic E-state index is 5.20. The van der Waals surface area contributed by atoms with Crippen molar-refractivity contribution in [3.05, 3.63) is 82.1 Å².